The summed E-state index contributed by atoms with van der Waals surface area (Å²) in [4.78, 5) is 37.5. The number of anilines is 1. The monoisotopic (exact) mass is 411 g/mol. The summed E-state index contributed by atoms with van der Waals surface area (Å²) >= 11 is 0. The molecule has 0 bridgehead atoms. The van der Waals surface area contributed by atoms with Crippen LogP contribution in [0.4, 0.5) is 5.82 Å². The zero-order valence-electron chi connectivity index (χ0n) is 18.0. The van der Waals surface area contributed by atoms with Gasteiger partial charge in [0, 0.05) is 46.3 Å². The number of hydrogen-bond acceptors (Lipinski definition) is 6. The standard InChI is InChI=1S/C22H29N5O3/c1-15(28)26(3)13-18-12-20(23-2)25-21(24-18)19-6-5-11-27(19)22(29)17-9-7-16(8-10-17)14-30-4/h7-10,12,19H,5-6,11,13-14H2,1-4H3,(H,23,24,25)/t19-/m0/s1. The first-order chi connectivity index (χ1) is 14.4. The maximum Gasteiger partial charge on any atom is 0.254 e. The average Bonchev–Trinajstić information content (AvgIpc) is 3.23. The molecular formula is C22H29N5O3. The predicted molar refractivity (Wildman–Crippen MR) is 114 cm³/mol. The molecule has 8 nitrogen and oxygen atoms in total. The van der Waals surface area contributed by atoms with Crippen molar-refractivity contribution in [2.24, 2.45) is 0 Å². The predicted octanol–water partition coefficient (Wildman–Crippen LogP) is 2.62. The highest BCUT2D eigenvalue weighted by Gasteiger charge is 2.33. The molecule has 1 fully saturated rings. The highest BCUT2D eigenvalue weighted by atomic mass is 16.5. The van der Waals surface area contributed by atoms with Crippen LogP contribution in [0.25, 0.3) is 0 Å². The van der Waals surface area contributed by atoms with Gasteiger partial charge in [-0.05, 0) is 30.5 Å². The number of likely N-dealkylation sites (tertiary alicyclic amines) is 1. The Bertz CT molecular complexity index is 900. The molecule has 8 heteroatoms. The highest BCUT2D eigenvalue weighted by Crippen LogP contribution is 2.32. The second-order valence-electron chi connectivity index (χ2n) is 7.51. The van der Waals surface area contributed by atoms with Gasteiger partial charge in [-0.2, -0.15) is 0 Å². The number of ether oxygens (including phenoxy) is 1. The lowest BCUT2D eigenvalue weighted by molar-refractivity contribution is -0.128. The molecule has 0 spiro atoms. The smallest absolute Gasteiger partial charge is 0.254 e. The first kappa shape index (κ1) is 21.7. The number of carbonyl (C=O) groups is 2. The molecule has 2 aromatic rings. The van der Waals surface area contributed by atoms with Crippen LogP contribution in [0.1, 0.15) is 53.2 Å². The molecule has 0 radical (unpaired) electrons. The molecule has 1 saturated heterocycles. The topological polar surface area (TPSA) is 87.7 Å². The van der Waals surface area contributed by atoms with Crippen LogP contribution in [-0.4, -0.2) is 59.3 Å². The van der Waals surface area contributed by atoms with Gasteiger partial charge in [0.05, 0.1) is 24.9 Å². The number of carbonyl (C=O) groups excluding carboxylic acids is 2. The van der Waals surface area contributed by atoms with E-state index in [2.05, 4.69) is 10.3 Å². The number of nitrogens with zero attached hydrogens (tertiary/aromatic N) is 4. The van der Waals surface area contributed by atoms with Crippen LogP contribution in [0.3, 0.4) is 0 Å². The van der Waals surface area contributed by atoms with Crippen molar-refractivity contribution in [3.63, 3.8) is 0 Å². The quantitative estimate of drug-likeness (QED) is 0.754. The van der Waals surface area contributed by atoms with Gasteiger partial charge in [0.15, 0.2) is 5.82 Å². The van der Waals surface area contributed by atoms with Gasteiger partial charge in [0.2, 0.25) is 5.91 Å². The molecule has 2 amide bonds. The van der Waals surface area contributed by atoms with E-state index in [1.165, 1.54) is 6.92 Å². The second-order valence-corrected chi connectivity index (χ2v) is 7.51. The van der Waals surface area contributed by atoms with Gasteiger partial charge in [-0.15, -0.1) is 0 Å². The Morgan fingerprint density at radius 2 is 2.00 bits per heavy atom. The zero-order valence-corrected chi connectivity index (χ0v) is 18.0. The summed E-state index contributed by atoms with van der Waals surface area (Å²) in [6.07, 6.45) is 1.71. The van der Waals surface area contributed by atoms with Gasteiger partial charge >= 0.3 is 0 Å². The number of benzene rings is 1. The Kier molecular flexibility index (Phi) is 6.99. The molecule has 1 atom stereocenters. The Morgan fingerprint density at radius 3 is 2.63 bits per heavy atom. The summed E-state index contributed by atoms with van der Waals surface area (Å²) in [5, 5.41) is 3.06. The third-order valence-corrected chi connectivity index (χ3v) is 5.31. The molecule has 1 N–H and O–H groups in total. The molecule has 0 aliphatic carbocycles. The molecule has 160 valence electrons. The molecule has 3 rings (SSSR count). The van der Waals surface area contributed by atoms with E-state index in [9.17, 15) is 9.59 Å². The van der Waals surface area contributed by atoms with Crippen LogP contribution in [0, 0.1) is 0 Å². The summed E-state index contributed by atoms with van der Waals surface area (Å²) in [5.74, 6) is 1.23. The molecule has 1 aliphatic heterocycles. The molecule has 2 heterocycles. The minimum atomic E-state index is -0.189. The van der Waals surface area contributed by atoms with E-state index in [0.717, 1.165) is 24.1 Å². The molecular weight excluding hydrogens is 382 g/mol. The first-order valence-corrected chi connectivity index (χ1v) is 10.1. The Balaban J connectivity index is 1.85. The minimum Gasteiger partial charge on any atom is -0.380 e. The minimum absolute atomic E-state index is 0.0256. The van der Waals surface area contributed by atoms with E-state index < -0.39 is 0 Å². The van der Waals surface area contributed by atoms with Crippen LogP contribution in [-0.2, 0) is 22.7 Å². The molecule has 0 unspecified atom stereocenters. The van der Waals surface area contributed by atoms with Gasteiger partial charge in [-0.3, -0.25) is 9.59 Å². The third-order valence-electron chi connectivity index (χ3n) is 5.31. The number of hydrogen-bond donors (Lipinski definition) is 1. The van der Waals surface area contributed by atoms with E-state index >= 15 is 0 Å². The summed E-state index contributed by atoms with van der Waals surface area (Å²) in [6.45, 7) is 3.10. The fourth-order valence-electron chi connectivity index (χ4n) is 3.58. The van der Waals surface area contributed by atoms with Crippen LogP contribution in [0.5, 0.6) is 0 Å². The lowest BCUT2D eigenvalue weighted by Crippen LogP contribution is -2.32. The molecule has 1 aromatic carbocycles. The summed E-state index contributed by atoms with van der Waals surface area (Å²) in [5.41, 5.74) is 2.41. The van der Waals surface area contributed by atoms with Crippen LogP contribution in [0.15, 0.2) is 30.3 Å². The fourth-order valence-corrected chi connectivity index (χ4v) is 3.58. The van der Waals surface area contributed by atoms with Gasteiger partial charge in [-0.25, -0.2) is 9.97 Å². The number of nitrogens with one attached hydrogen (secondary N) is 1. The van der Waals surface area contributed by atoms with E-state index in [4.69, 9.17) is 9.72 Å². The van der Waals surface area contributed by atoms with Gasteiger partial charge in [-0.1, -0.05) is 12.1 Å². The van der Waals surface area contributed by atoms with E-state index in [1.54, 1.807) is 26.1 Å². The molecule has 1 aliphatic rings. The molecule has 0 saturated carbocycles. The van der Waals surface area contributed by atoms with Crippen molar-refractivity contribution in [1.82, 2.24) is 19.8 Å². The number of rotatable bonds is 7. The van der Waals surface area contributed by atoms with Crippen molar-refractivity contribution in [1.29, 1.82) is 0 Å². The summed E-state index contributed by atoms with van der Waals surface area (Å²) in [7, 11) is 5.18. The Labute approximate surface area is 177 Å². The van der Waals surface area contributed by atoms with Crippen molar-refractivity contribution in [2.75, 3.05) is 33.1 Å². The summed E-state index contributed by atoms with van der Waals surface area (Å²) < 4.78 is 5.14. The fraction of sp³-hybridized carbons (Fsp3) is 0.455. The van der Waals surface area contributed by atoms with Crippen LogP contribution in [0.2, 0.25) is 0 Å². The largest absolute Gasteiger partial charge is 0.380 e. The first-order valence-electron chi connectivity index (χ1n) is 10.1. The number of aromatic nitrogens is 2. The van der Waals surface area contributed by atoms with Gasteiger partial charge in [0.1, 0.15) is 5.82 Å². The van der Waals surface area contributed by atoms with E-state index in [1.807, 2.05) is 35.2 Å². The van der Waals surface area contributed by atoms with E-state index in [0.29, 0.717) is 36.9 Å². The highest BCUT2D eigenvalue weighted by molar-refractivity contribution is 5.94. The molecule has 1 aromatic heterocycles. The number of amides is 2. The van der Waals surface area contributed by atoms with E-state index in [-0.39, 0.29) is 17.9 Å². The van der Waals surface area contributed by atoms with Crippen molar-refractivity contribution in [2.45, 2.75) is 39.0 Å². The maximum atomic E-state index is 13.2. The molecule has 30 heavy (non-hydrogen) atoms. The zero-order chi connectivity index (χ0) is 21.7. The van der Waals surface area contributed by atoms with Crippen LogP contribution >= 0.6 is 0 Å². The third kappa shape index (κ3) is 4.94. The lowest BCUT2D eigenvalue weighted by Gasteiger charge is -2.25. The second kappa shape index (κ2) is 9.67. The van der Waals surface area contributed by atoms with Crippen molar-refractivity contribution < 1.29 is 14.3 Å². The SMILES string of the molecule is CNc1cc(CN(C)C(C)=O)nc([C@@H]2CCCN2C(=O)c2ccc(COC)cc2)n1. The van der Waals surface area contributed by atoms with Crippen molar-refractivity contribution >= 4 is 17.6 Å². The average molecular weight is 412 g/mol. The van der Waals surface area contributed by atoms with Crippen LogP contribution < -0.4 is 5.32 Å². The maximum absolute atomic E-state index is 13.2. The Morgan fingerprint density at radius 1 is 1.27 bits per heavy atom. The lowest BCUT2D eigenvalue weighted by atomic mass is 10.1. The van der Waals surface area contributed by atoms with Gasteiger partial charge in [0.25, 0.3) is 5.91 Å². The number of methoxy groups -OCH3 is 1. The normalized spacial score (nSPS) is 15.9. The van der Waals surface area contributed by atoms with Gasteiger partial charge < -0.3 is 19.9 Å². The Hall–Kier alpha value is -3.00. The summed E-state index contributed by atoms with van der Waals surface area (Å²) in [6, 6.07) is 9.14. The van der Waals surface area contributed by atoms with Crippen molar-refractivity contribution in [3.8, 4) is 0 Å². The van der Waals surface area contributed by atoms with Crippen molar-refractivity contribution in [3.05, 3.63) is 53.0 Å².